The smallest absolute Gasteiger partial charge is 0.338 e. The highest BCUT2D eigenvalue weighted by Crippen LogP contribution is 2.36. The lowest BCUT2D eigenvalue weighted by atomic mass is 9.96. The number of fused-ring (bicyclic) bond motifs is 2. The zero-order chi connectivity index (χ0) is 26.3. The number of para-hydroxylation sites is 1. The van der Waals surface area contributed by atoms with Crippen LogP contribution in [0.1, 0.15) is 44.4 Å². The molecule has 190 valence electrons. The molecule has 2 aromatic carbocycles. The third-order valence-corrected chi connectivity index (χ3v) is 7.58. The molecule has 0 fully saturated rings. The fourth-order valence-corrected chi connectivity index (χ4v) is 6.03. The Balaban J connectivity index is 1.79. The van der Waals surface area contributed by atoms with Crippen molar-refractivity contribution < 1.29 is 19.1 Å². The number of hydrogen-bond donors (Lipinski definition) is 0. The Bertz CT molecular complexity index is 1610. The SMILES string of the molecule is CCCN1C(=O)C(=c2sc3n(c2=O)C(c2ccc(OC)cc2)C(C(=O)OCC)=C(C)N=3)c2ccccc21. The number of methoxy groups -OCH3 is 1. The highest BCUT2D eigenvalue weighted by Gasteiger charge is 2.37. The largest absolute Gasteiger partial charge is 0.497 e. The van der Waals surface area contributed by atoms with Gasteiger partial charge in [-0.05, 0) is 44.0 Å². The molecular weight excluding hydrogens is 490 g/mol. The van der Waals surface area contributed by atoms with Crippen LogP contribution in [-0.2, 0) is 14.3 Å². The number of thiazole rings is 1. The number of anilines is 1. The summed E-state index contributed by atoms with van der Waals surface area (Å²) in [6.45, 7) is 6.23. The highest BCUT2D eigenvalue weighted by molar-refractivity contribution is 7.07. The van der Waals surface area contributed by atoms with Crippen molar-refractivity contribution in [3.63, 3.8) is 0 Å². The van der Waals surface area contributed by atoms with E-state index in [4.69, 9.17) is 9.47 Å². The summed E-state index contributed by atoms with van der Waals surface area (Å²) in [5.41, 5.74) is 3.01. The van der Waals surface area contributed by atoms with Crippen molar-refractivity contribution in [3.05, 3.63) is 90.6 Å². The predicted octanol–water partition coefficient (Wildman–Crippen LogP) is 2.93. The second-order valence-corrected chi connectivity index (χ2v) is 9.72. The van der Waals surface area contributed by atoms with Crippen LogP contribution in [0.15, 0.2) is 69.6 Å². The Morgan fingerprint density at radius 3 is 2.49 bits per heavy atom. The molecular formula is C28H27N3O5S. The van der Waals surface area contributed by atoms with E-state index in [0.29, 0.717) is 44.0 Å². The number of esters is 1. The van der Waals surface area contributed by atoms with E-state index in [0.717, 1.165) is 17.7 Å². The molecule has 1 unspecified atom stereocenters. The third kappa shape index (κ3) is 3.99. The molecule has 2 aliphatic heterocycles. The number of benzene rings is 2. The van der Waals surface area contributed by atoms with E-state index in [2.05, 4.69) is 4.99 Å². The molecule has 2 aliphatic rings. The lowest BCUT2D eigenvalue weighted by Crippen LogP contribution is -2.41. The Kier molecular flexibility index (Phi) is 6.55. The minimum Gasteiger partial charge on any atom is -0.497 e. The molecule has 8 nitrogen and oxygen atoms in total. The predicted molar refractivity (Wildman–Crippen MR) is 141 cm³/mol. The average molecular weight is 518 g/mol. The molecule has 0 aliphatic carbocycles. The number of ether oxygens (including phenoxy) is 2. The minimum atomic E-state index is -0.756. The molecule has 3 heterocycles. The number of allylic oxidation sites excluding steroid dienone is 1. The molecule has 1 aromatic heterocycles. The van der Waals surface area contributed by atoms with E-state index in [1.54, 1.807) is 38.0 Å². The number of hydrogen-bond acceptors (Lipinski definition) is 7. The van der Waals surface area contributed by atoms with E-state index in [1.807, 2.05) is 43.3 Å². The minimum absolute atomic E-state index is 0.193. The summed E-state index contributed by atoms with van der Waals surface area (Å²) in [5.74, 6) is -0.0736. The number of amides is 1. The lowest BCUT2D eigenvalue weighted by Gasteiger charge is -2.24. The van der Waals surface area contributed by atoms with Crippen molar-refractivity contribution in [3.8, 4) is 5.75 Å². The summed E-state index contributed by atoms with van der Waals surface area (Å²) in [7, 11) is 1.58. The highest BCUT2D eigenvalue weighted by atomic mass is 32.1. The Morgan fingerprint density at radius 1 is 1.08 bits per heavy atom. The summed E-state index contributed by atoms with van der Waals surface area (Å²) in [6.07, 6.45) is 0.786. The summed E-state index contributed by atoms with van der Waals surface area (Å²) in [5, 5.41) is 0. The van der Waals surface area contributed by atoms with E-state index < -0.39 is 12.0 Å². The van der Waals surface area contributed by atoms with Gasteiger partial charge in [0.1, 0.15) is 10.3 Å². The first-order chi connectivity index (χ1) is 17.9. The van der Waals surface area contributed by atoms with Crippen molar-refractivity contribution in [1.82, 2.24) is 4.57 Å². The van der Waals surface area contributed by atoms with Gasteiger partial charge in [-0.15, -0.1) is 0 Å². The molecule has 0 bridgehead atoms. The molecule has 0 radical (unpaired) electrons. The third-order valence-electron chi connectivity index (χ3n) is 6.52. The summed E-state index contributed by atoms with van der Waals surface area (Å²) in [4.78, 5) is 47.5. The van der Waals surface area contributed by atoms with Gasteiger partial charge in [0.2, 0.25) is 0 Å². The van der Waals surface area contributed by atoms with Crippen molar-refractivity contribution in [2.45, 2.75) is 33.2 Å². The van der Waals surface area contributed by atoms with E-state index in [9.17, 15) is 14.4 Å². The first kappa shape index (κ1) is 24.7. The van der Waals surface area contributed by atoms with Crippen LogP contribution in [0.5, 0.6) is 5.75 Å². The van der Waals surface area contributed by atoms with Gasteiger partial charge in [0, 0.05) is 12.1 Å². The van der Waals surface area contributed by atoms with Crippen LogP contribution in [0.25, 0.3) is 5.57 Å². The first-order valence-electron chi connectivity index (χ1n) is 12.2. The van der Waals surface area contributed by atoms with Gasteiger partial charge in [0.25, 0.3) is 11.5 Å². The van der Waals surface area contributed by atoms with Crippen LogP contribution < -0.4 is 24.5 Å². The fourth-order valence-electron chi connectivity index (χ4n) is 4.89. The molecule has 0 N–H and O–H groups in total. The second kappa shape index (κ2) is 9.82. The van der Waals surface area contributed by atoms with Crippen LogP contribution in [-0.4, -0.2) is 36.7 Å². The van der Waals surface area contributed by atoms with Crippen LogP contribution in [0.4, 0.5) is 5.69 Å². The topological polar surface area (TPSA) is 90.2 Å². The van der Waals surface area contributed by atoms with Gasteiger partial charge in [-0.2, -0.15) is 0 Å². The summed E-state index contributed by atoms with van der Waals surface area (Å²) >= 11 is 1.17. The van der Waals surface area contributed by atoms with Crippen molar-refractivity contribution >= 4 is 34.5 Å². The molecule has 0 spiro atoms. The fraction of sp³-hybridized carbons (Fsp3) is 0.286. The number of carbonyl (C=O) groups excluding carboxylic acids is 2. The monoisotopic (exact) mass is 517 g/mol. The van der Waals surface area contributed by atoms with Crippen LogP contribution in [0.3, 0.4) is 0 Å². The number of aromatic nitrogens is 1. The van der Waals surface area contributed by atoms with Gasteiger partial charge in [0.15, 0.2) is 4.80 Å². The average Bonchev–Trinajstić information content (AvgIpc) is 3.36. The quantitative estimate of drug-likeness (QED) is 0.469. The van der Waals surface area contributed by atoms with Crippen molar-refractivity contribution in [2.24, 2.45) is 4.99 Å². The van der Waals surface area contributed by atoms with Crippen LogP contribution >= 0.6 is 11.3 Å². The molecule has 0 saturated heterocycles. The Morgan fingerprint density at radius 2 is 1.81 bits per heavy atom. The van der Waals surface area contributed by atoms with E-state index in [1.165, 1.54) is 15.9 Å². The van der Waals surface area contributed by atoms with Crippen molar-refractivity contribution in [2.75, 3.05) is 25.2 Å². The number of carbonyl (C=O) groups is 2. The maximum atomic E-state index is 14.1. The molecule has 1 amide bonds. The molecule has 37 heavy (non-hydrogen) atoms. The summed E-state index contributed by atoms with van der Waals surface area (Å²) in [6, 6.07) is 14.0. The van der Waals surface area contributed by atoms with Gasteiger partial charge in [-0.3, -0.25) is 14.2 Å². The van der Waals surface area contributed by atoms with E-state index in [-0.39, 0.29) is 18.1 Å². The van der Waals surface area contributed by atoms with Gasteiger partial charge < -0.3 is 14.4 Å². The molecule has 5 rings (SSSR count). The van der Waals surface area contributed by atoms with E-state index >= 15 is 0 Å². The molecule has 3 aromatic rings. The standard InChI is InChI=1S/C28H27N3O5S/c1-5-15-30-20-10-8-7-9-19(20)22(25(30)32)24-26(33)31-23(17-11-13-18(35-4)14-12-17)21(27(34)36-6-2)16(3)29-28(31)37-24/h7-14,23H,5-6,15H2,1-4H3. The molecule has 1 atom stereocenters. The first-order valence-corrected chi connectivity index (χ1v) is 13.0. The Labute approximate surface area is 217 Å². The lowest BCUT2D eigenvalue weighted by molar-refractivity contribution is -0.139. The Hall–Kier alpha value is -3.98. The van der Waals surface area contributed by atoms with Gasteiger partial charge >= 0.3 is 5.97 Å². The second-order valence-electron chi connectivity index (χ2n) is 8.74. The number of rotatable bonds is 6. The normalized spacial score (nSPS) is 17.9. The zero-order valence-corrected chi connectivity index (χ0v) is 21.9. The van der Waals surface area contributed by atoms with Gasteiger partial charge in [-0.1, -0.05) is 48.6 Å². The maximum absolute atomic E-state index is 14.1. The van der Waals surface area contributed by atoms with Gasteiger partial charge in [0.05, 0.1) is 42.3 Å². The summed E-state index contributed by atoms with van der Waals surface area (Å²) < 4.78 is 12.5. The maximum Gasteiger partial charge on any atom is 0.338 e. The molecule has 0 saturated carbocycles. The molecule has 9 heteroatoms. The number of nitrogens with zero attached hydrogens (tertiary/aromatic N) is 3. The zero-order valence-electron chi connectivity index (χ0n) is 21.1. The van der Waals surface area contributed by atoms with Crippen LogP contribution in [0.2, 0.25) is 0 Å². The van der Waals surface area contributed by atoms with Gasteiger partial charge in [-0.25, -0.2) is 9.79 Å². The van der Waals surface area contributed by atoms with Crippen molar-refractivity contribution in [1.29, 1.82) is 0 Å². The van der Waals surface area contributed by atoms with Crippen LogP contribution in [0, 0.1) is 0 Å².